The Morgan fingerprint density at radius 1 is 0.676 bits per heavy atom. The van der Waals surface area contributed by atoms with Crippen LogP contribution in [-0.4, -0.2) is 12.6 Å². The number of benzene rings is 2. The second-order valence-corrected chi connectivity index (χ2v) is 9.02. The smallest absolute Gasteiger partial charge is 0.314 e. The number of hydrogen-bond donors (Lipinski definition) is 0. The number of halogens is 8. The zero-order chi connectivity index (χ0) is 27.4. The second kappa shape index (κ2) is 12.1. The van der Waals surface area contributed by atoms with Crippen LogP contribution in [0.4, 0.5) is 35.1 Å². The number of ether oxygens (including phenoxy) is 2. The molecular weight excluding hydrogens is 512 g/mol. The predicted molar refractivity (Wildman–Crippen MR) is 118 cm³/mol. The SMILES string of the molecule is CCCCCOc1c(F)c(F)c(-c2c(F)c(F)c(OC(=O)[C@H]3CC[C@H](CC)CC3)c(F)c2F)c(F)c1F. The second-order valence-electron chi connectivity index (χ2n) is 9.02. The highest BCUT2D eigenvalue weighted by molar-refractivity contribution is 5.76. The number of unbranched alkanes of at least 4 members (excludes halogenated alkanes) is 2. The molecule has 2 aromatic carbocycles. The molecule has 1 aliphatic rings. The summed E-state index contributed by atoms with van der Waals surface area (Å²) in [6.07, 6.45) is 4.43. The van der Waals surface area contributed by atoms with Crippen LogP contribution in [0.25, 0.3) is 11.1 Å². The molecule has 0 aromatic heterocycles. The van der Waals surface area contributed by atoms with Crippen LogP contribution < -0.4 is 9.47 Å². The maximum Gasteiger partial charge on any atom is 0.314 e. The van der Waals surface area contributed by atoms with Gasteiger partial charge in [0.05, 0.1) is 23.7 Å². The Morgan fingerprint density at radius 3 is 1.57 bits per heavy atom. The van der Waals surface area contributed by atoms with E-state index in [9.17, 15) is 39.9 Å². The van der Waals surface area contributed by atoms with Crippen molar-refractivity contribution in [2.75, 3.05) is 6.61 Å². The first-order chi connectivity index (χ1) is 17.5. The molecule has 204 valence electrons. The Bertz CT molecular complexity index is 1100. The first-order valence-corrected chi connectivity index (χ1v) is 12.1. The molecule has 0 radical (unpaired) electrons. The molecule has 0 atom stereocenters. The molecule has 1 fully saturated rings. The Morgan fingerprint density at radius 2 is 1.14 bits per heavy atom. The molecule has 0 bridgehead atoms. The summed E-state index contributed by atoms with van der Waals surface area (Å²) in [5.41, 5.74) is -4.05. The third kappa shape index (κ3) is 5.70. The van der Waals surface area contributed by atoms with Crippen molar-refractivity contribution >= 4 is 5.97 Å². The monoisotopic (exact) mass is 538 g/mol. The highest BCUT2D eigenvalue weighted by atomic mass is 19.2. The van der Waals surface area contributed by atoms with Crippen molar-refractivity contribution in [3.05, 3.63) is 46.5 Å². The molecule has 0 saturated heterocycles. The fourth-order valence-electron chi connectivity index (χ4n) is 4.40. The molecular formula is C26H26F8O3. The summed E-state index contributed by atoms with van der Waals surface area (Å²) in [4.78, 5) is 12.4. The maximum absolute atomic E-state index is 14.8. The lowest BCUT2D eigenvalue weighted by atomic mass is 9.81. The molecule has 0 aliphatic heterocycles. The van der Waals surface area contributed by atoms with E-state index in [0.29, 0.717) is 50.9 Å². The zero-order valence-electron chi connectivity index (χ0n) is 20.3. The van der Waals surface area contributed by atoms with Gasteiger partial charge in [-0.2, -0.15) is 17.6 Å². The van der Waals surface area contributed by atoms with Gasteiger partial charge in [0, 0.05) is 0 Å². The van der Waals surface area contributed by atoms with Crippen LogP contribution in [-0.2, 0) is 4.79 Å². The molecule has 0 spiro atoms. The minimum absolute atomic E-state index is 0.292. The van der Waals surface area contributed by atoms with Crippen molar-refractivity contribution in [1.82, 2.24) is 0 Å². The molecule has 2 aromatic rings. The summed E-state index contributed by atoms with van der Waals surface area (Å²) in [6, 6.07) is 0. The first kappa shape index (κ1) is 28.7. The number of carbonyl (C=O) groups is 1. The highest BCUT2D eigenvalue weighted by Gasteiger charge is 2.37. The molecule has 11 heteroatoms. The molecule has 3 nitrogen and oxygen atoms in total. The van der Waals surface area contributed by atoms with E-state index in [1.54, 1.807) is 0 Å². The normalized spacial score (nSPS) is 17.7. The lowest BCUT2D eigenvalue weighted by Gasteiger charge is -2.26. The van der Waals surface area contributed by atoms with Gasteiger partial charge in [-0.3, -0.25) is 4.79 Å². The largest absolute Gasteiger partial charge is 0.487 e. The van der Waals surface area contributed by atoms with Crippen LogP contribution in [0, 0.1) is 58.4 Å². The van der Waals surface area contributed by atoms with Crippen molar-refractivity contribution in [2.45, 2.75) is 65.2 Å². The summed E-state index contributed by atoms with van der Waals surface area (Å²) in [6.45, 7) is 3.48. The summed E-state index contributed by atoms with van der Waals surface area (Å²) in [5.74, 6) is -23.0. The Balaban J connectivity index is 1.99. The average molecular weight is 538 g/mol. The minimum Gasteiger partial charge on any atom is -0.487 e. The zero-order valence-corrected chi connectivity index (χ0v) is 20.3. The summed E-state index contributed by atoms with van der Waals surface area (Å²) in [7, 11) is 0. The quantitative estimate of drug-likeness (QED) is 0.106. The van der Waals surface area contributed by atoms with Crippen LogP contribution in [0.2, 0.25) is 0 Å². The van der Waals surface area contributed by atoms with E-state index in [2.05, 4.69) is 4.74 Å². The van der Waals surface area contributed by atoms with Gasteiger partial charge in [0.25, 0.3) is 0 Å². The van der Waals surface area contributed by atoms with Gasteiger partial charge >= 0.3 is 5.97 Å². The number of hydrogen-bond acceptors (Lipinski definition) is 3. The Labute approximate surface area is 208 Å². The molecule has 0 N–H and O–H groups in total. The van der Waals surface area contributed by atoms with Gasteiger partial charge in [-0.05, 0) is 38.0 Å². The lowest BCUT2D eigenvalue weighted by molar-refractivity contribution is -0.140. The summed E-state index contributed by atoms with van der Waals surface area (Å²) in [5, 5.41) is 0. The Kier molecular flexibility index (Phi) is 9.41. The van der Waals surface area contributed by atoms with E-state index in [4.69, 9.17) is 4.74 Å². The maximum atomic E-state index is 14.8. The lowest BCUT2D eigenvalue weighted by Crippen LogP contribution is -2.26. The van der Waals surface area contributed by atoms with Gasteiger partial charge in [0.15, 0.2) is 29.0 Å². The van der Waals surface area contributed by atoms with Crippen LogP contribution in [0.3, 0.4) is 0 Å². The third-order valence-electron chi connectivity index (χ3n) is 6.65. The van der Waals surface area contributed by atoms with Gasteiger partial charge in [-0.25, -0.2) is 17.6 Å². The number of esters is 1. The molecule has 1 saturated carbocycles. The van der Waals surface area contributed by atoms with Gasteiger partial charge in [-0.1, -0.05) is 33.1 Å². The molecule has 0 heterocycles. The summed E-state index contributed by atoms with van der Waals surface area (Å²) >= 11 is 0. The van der Waals surface area contributed by atoms with Crippen molar-refractivity contribution in [3.63, 3.8) is 0 Å². The van der Waals surface area contributed by atoms with Crippen molar-refractivity contribution in [1.29, 1.82) is 0 Å². The predicted octanol–water partition coefficient (Wildman–Crippen LogP) is 8.16. The molecule has 3 rings (SSSR count). The first-order valence-electron chi connectivity index (χ1n) is 12.1. The third-order valence-corrected chi connectivity index (χ3v) is 6.65. The van der Waals surface area contributed by atoms with Crippen molar-refractivity contribution in [2.24, 2.45) is 11.8 Å². The van der Waals surface area contributed by atoms with E-state index in [1.807, 2.05) is 13.8 Å². The fourth-order valence-corrected chi connectivity index (χ4v) is 4.40. The van der Waals surface area contributed by atoms with Gasteiger partial charge < -0.3 is 9.47 Å². The summed E-state index contributed by atoms with van der Waals surface area (Å²) < 4.78 is 127. The van der Waals surface area contributed by atoms with Crippen LogP contribution in [0.1, 0.15) is 65.2 Å². The van der Waals surface area contributed by atoms with E-state index >= 15 is 0 Å². The number of rotatable bonds is 9. The van der Waals surface area contributed by atoms with Gasteiger partial charge in [0.2, 0.25) is 29.0 Å². The van der Waals surface area contributed by atoms with E-state index < -0.39 is 81.1 Å². The van der Waals surface area contributed by atoms with Crippen LogP contribution in [0.15, 0.2) is 0 Å². The van der Waals surface area contributed by atoms with Crippen molar-refractivity contribution in [3.8, 4) is 22.6 Å². The van der Waals surface area contributed by atoms with E-state index in [-0.39, 0.29) is 6.61 Å². The standard InChI is InChI=1S/C26H26F8O3/c1-3-5-6-11-36-24-20(31)16(27)14(17(28)21(24)32)15-18(29)22(33)25(23(34)19(15)30)37-26(35)13-9-7-12(4-2)8-10-13/h12-13H,3-11H2,1-2H3/t12-,13-. The molecule has 37 heavy (non-hydrogen) atoms. The fraction of sp³-hybridized carbons (Fsp3) is 0.500. The number of carbonyl (C=O) groups excluding carboxylic acids is 1. The van der Waals surface area contributed by atoms with Gasteiger partial charge in [0.1, 0.15) is 0 Å². The Hall–Kier alpha value is -2.85. The van der Waals surface area contributed by atoms with Gasteiger partial charge in [-0.15, -0.1) is 0 Å². The van der Waals surface area contributed by atoms with Crippen molar-refractivity contribution < 1.29 is 49.4 Å². The van der Waals surface area contributed by atoms with E-state index in [1.165, 1.54) is 0 Å². The molecule has 0 unspecified atom stereocenters. The molecule has 0 amide bonds. The minimum atomic E-state index is -2.40. The van der Waals surface area contributed by atoms with Crippen LogP contribution >= 0.6 is 0 Å². The topological polar surface area (TPSA) is 35.5 Å². The average Bonchev–Trinajstić information content (AvgIpc) is 2.90. The highest BCUT2D eigenvalue weighted by Crippen LogP contribution is 2.42. The van der Waals surface area contributed by atoms with E-state index in [0.717, 1.165) is 6.42 Å². The molecule has 1 aliphatic carbocycles. The van der Waals surface area contributed by atoms with Crippen LogP contribution in [0.5, 0.6) is 11.5 Å².